The number of hydrogen-bond acceptors (Lipinski definition) is 2. The molecule has 0 saturated heterocycles. The van der Waals surface area contributed by atoms with E-state index in [0.29, 0.717) is 5.78 Å². The third-order valence-corrected chi connectivity index (χ3v) is 11.5. The Morgan fingerprint density at radius 2 is 1.15 bits per heavy atom. The molecule has 0 spiro atoms. The van der Waals surface area contributed by atoms with Gasteiger partial charge in [0.2, 0.25) is 0 Å². The van der Waals surface area contributed by atoms with E-state index < -0.39 is 0 Å². The van der Waals surface area contributed by atoms with E-state index in [0.717, 1.165) is 30.6 Å². The Morgan fingerprint density at radius 3 is 1.58 bits per heavy atom. The minimum Gasteiger partial charge on any atom is -0.344 e. The number of Topliss-reactive ketones (excluding diaryl/α,β-unsaturated/α-hetero) is 1. The Balaban J connectivity index is 0.00000385. The van der Waals surface area contributed by atoms with Crippen LogP contribution in [0.4, 0.5) is 0 Å². The number of ketones is 1. The summed E-state index contributed by atoms with van der Waals surface area (Å²) in [6.45, 7) is 9.34. The topological polar surface area (TPSA) is 52.1 Å². The van der Waals surface area contributed by atoms with E-state index in [-0.39, 0.29) is 21.3 Å². The monoisotopic (exact) mass is 525 g/mol. The summed E-state index contributed by atoms with van der Waals surface area (Å²) in [5.74, 6) is 3.14. The highest BCUT2D eigenvalue weighted by Crippen LogP contribution is 2.63. The van der Waals surface area contributed by atoms with E-state index in [1.807, 2.05) is 0 Å². The molecule has 1 atom stereocenters. The van der Waals surface area contributed by atoms with Gasteiger partial charge in [-0.05, 0) is 74.5 Å². The fourth-order valence-electron chi connectivity index (χ4n) is 8.17. The van der Waals surface area contributed by atoms with E-state index in [4.69, 9.17) is 0 Å². The summed E-state index contributed by atoms with van der Waals surface area (Å²) < 4.78 is -0.334. The summed E-state index contributed by atoms with van der Waals surface area (Å²) in [5.41, 5.74) is 0.0338. The van der Waals surface area contributed by atoms with Gasteiger partial charge < -0.3 is 6.15 Å². The van der Waals surface area contributed by atoms with Crippen LogP contribution in [0.5, 0.6) is 0 Å². The number of carbonyl (C=O) groups excluding carboxylic acids is 1. The van der Waals surface area contributed by atoms with Gasteiger partial charge in [-0.1, -0.05) is 114 Å². The molecule has 0 aliphatic heterocycles. The summed E-state index contributed by atoms with van der Waals surface area (Å²) in [7, 11) is 0. The first-order valence-corrected chi connectivity index (χ1v) is 15.3. The van der Waals surface area contributed by atoms with Crippen molar-refractivity contribution in [2.45, 2.75) is 154 Å². The lowest BCUT2D eigenvalue weighted by molar-refractivity contribution is -0.149. The van der Waals surface area contributed by atoms with Crippen molar-refractivity contribution in [3.63, 3.8) is 0 Å². The molecule has 4 rings (SSSR count). The molecule has 2 nitrogen and oxygen atoms in total. The van der Waals surface area contributed by atoms with E-state index >= 15 is 0 Å². The number of carbonyl (C=O) groups is 1. The first-order valence-electron chi connectivity index (χ1n) is 14.5. The van der Waals surface area contributed by atoms with Crippen molar-refractivity contribution in [1.29, 1.82) is 0 Å². The second kappa shape index (κ2) is 12.9. The Hall–Kier alpha value is 0.110. The van der Waals surface area contributed by atoms with Crippen molar-refractivity contribution in [3.8, 4) is 0 Å². The molecule has 3 N–H and O–H groups in total. The zero-order valence-electron chi connectivity index (χ0n) is 22.7. The number of hydrogen-bond donors (Lipinski definition) is 1. The lowest BCUT2D eigenvalue weighted by Crippen LogP contribution is -2.58. The van der Waals surface area contributed by atoms with Gasteiger partial charge in [-0.15, -0.1) is 0 Å². The van der Waals surface area contributed by atoms with E-state index in [9.17, 15) is 4.79 Å². The summed E-state index contributed by atoms with van der Waals surface area (Å²) in [4.78, 5) is 14.4. The molecule has 0 aromatic heterocycles. The van der Waals surface area contributed by atoms with Gasteiger partial charge in [0.1, 0.15) is 0 Å². The summed E-state index contributed by atoms with van der Waals surface area (Å²) in [5, 5.41) is 0. The highest BCUT2D eigenvalue weighted by atomic mass is 79.9. The highest BCUT2D eigenvalue weighted by molar-refractivity contribution is 9.10. The maximum atomic E-state index is 14.4. The van der Waals surface area contributed by atoms with E-state index in [2.05, 4.69) is 43.6 Å². The maximum Gasteiger partial charge on any atom is 0.156 e. The van der Waals surface area contributed by atoms with E-state index in [1.54, 1.807) is 0 Å². The van der Waals surface area contributed by atoms with Crippen LogP contribution in [0.25, 0.3) is 0 Å². The fourth-order valence-corrected chi connectivity index (χ4v) is 9.18. The molecule has 4 aliphatic rings. The largest absolute Gasteiger partial charge is 0.344 e. The number of halogens is 1. The summed E-state index contributed by atoms with van der Waals surface area (Å²) >= 11 is 4.20. The van der Waals surface area contributed by atoms with Crippen LogP contribution in [0.1, 0.15) is 150 Å². The zero-order chi connectivity index (χ0) is 23.2. The van der Waals surface area contributed by atoms with Gasteiger partial charge in [-0.25, -0.2) is 0 Å². The smallest absolute Gasteiger partial charge is 0.156 e. The predicted molar refractivity (Wildman–Crippen MR) is 147 cm³/mol. The van der Waals surface area contributed by atoms with E-state index in [1.165, 1.54) is 109 Å². The first-order chi connectivity index (χ1) is 15.3. The minimum absolute atomic E-state index is 0. The van der Waals surface area contributed by atoms with Gasteiger partial charge in [0.15, 0.2) is 5.78 Å². The van der Waals surface area contributed by atoms with Crippen LogP contribution in [0.2, 0.25) is 0 Å². The van der Waals surface area contributed by atoms with Crippen molar-refractivity contribution in [2.24, 2.45) is 28.6 Å². The van der Waals surface area contributed by atoms with Gasteiger partial charge in [-0.2, -0.15) is 0 Å². The molecule has 0 heterocycles. The number of unbranched alkanes of at least 4 members (excludes halogenated alkanes) is 9. The predicted octanol–water partition coefficient (Wildman–Crippen LogP) is 10.2. The normalized spacial score (nSPS) is 30.2. The van der Waals surface area contributed by atoms with Crippen LogP contribution in [0, 0.1) is 28.6 Å². The van der Waals surface area contributed by atoms with Gasteiger partial charge in [0, 0.05) is 5.41 Å². The first kappa shape index (κ1) is 29.3. The van der Waals surface area contributed by atoms with Crippen molar-refractivity contribution in [2.75, 3.05) is 0 Å². The molecule has 0 aromatic rings. The number of alkyl halides is 1. The molecule has 0 radical (unpaired) electrons. The molecule has 0 amide bonds. The Bertz CT molecular complexity index is 565. The maximum absolute atomic E-state index is 14.4. The zero-order valence-corrected chi connectivity index (χ0v) is 24.2. The van der Waals surface area contributed by atoms with Crippen molar-refractivity contribution in [1.82, 2.24) is 6.15 Å². The average molecular weight is 527 g/mol. The SMILES string of the molecule is CCCCCCCCCCCCC(C)(C)C(Br)(CCC)C(=O)C12CC3CC(CC(C3)C1)C2.N. The lowest BCUT2D eigenvalue weighted by Gasteiger charge is -2.59. The highest BCUT2D eigenvalue weighted by Gasteiger charge is 2.61. The third-order valence-electron chi connectivity index (χ3n) is 9.70. The fraction of sp³-hybridized carbons (Fsp3) is 0.967. The van der Waals surface area contributed by atoms with Crippen molar-refractivity contribution >= 4 is 21.7 Å². The van der Waals surface area contributed by atoms with Crippen LogP contribution >= 0.6 is 15.9 Å². The quantitative estimate of drug-likeness (QED) is 0.161. The molecule has 33 heavy (non-hydrogen) atoms. The lowest BCUT2D eigenvalue weighted by atomic mass is 9.46. The number of rotatable bonds is 16. The van der Waals surface area contributed by atoms with Crippen LogP contribution in [-0.2, 0) is 4.79 Å². The Morgan fingerprint density at radius 1 is 0.727 bits per heavy atom. The van der Waals surface area contributed by atoms with Gasteiger partial charge in [0.25, 0.3) is 0 Å². The standard InChI is InChI=1S/C30H53BrO.H3N/c1-5-7-8-9-10-11-12-13-14-15-17-28(3,4)30(31,16-6-2)27(32)29-21-24-18-25(22-29)20-26(19-24)23-29;/h24-26H,5-23H2,1-4H3;1H3. The van der Waals surface area contributed by atoms with Gasteiger partial charge >= 0.3 is 0 Å². The summed E-state index contributed by atoms with van der Waals surface area (Å²) in [6, 6.07) is 0. The molecule has 0 aromatic carbocycles. The Kier molecular flexibility index (Phi) is 11.5. The second-order valence-electron chi connectivity index (χ2n) is 12.9. The molecular formula is C30H56BrNO. The van der Waals surface area contributed by atoms with Crippen molar-refractivity contribution < 1.29 is 4.79 Å². The molecule has 4 saturated carbocycles. The van der Waals surface area contributed by atoms with Gasteiger partial charge in [0.05, 0.1) is 4.32 Å². The summed E-state index contributed by atoms with van der Waals surface area (Å²) in [6.07, 6.45) is 24.9. The molecule has 4 aliphatic carbocycles. The van der Waals surface area contributed by atoms with Gasteiger partial charge in [-0.3, -0.25) is 4.79 Å². The van der Waals surface area contributed by atoms with Crippen molar-refractivity contribution in [3.05, 3.63) is 0 Å². The molecule has 3 heteroatoms. The van der Waals surface area contributed by atoms with Crippen LogP contribution in [0.3, 0.4) is 0 Å². The Labute approximate surface area is 214 Å². The molecule has 4 bridgehead atoms. The molecule has 4 fully saturated rings. The minimum atomic E-state index is -0.334. The second-order valence-corrected chi connectivity index (χ2v) is 14.2. The molecular weight excluding hydrogens is 470 g/mol. The molecule has 1 unspecified atom stereocenters. The van der Waals surface area contributed by atoms with Crippen LogP contribution < -0.4 is 6.15 Å². The van der Waals surface area contributed by atoms with Crippen LogP contribution in [0.15, 0.2) is 0 Å². The third kappa shape index (κ3) is 6.87. The van der Waals surface area contributed by atoms with Crippen LogP contribution in [-0.4, -0.2) is 10.1 Å². The average Bonchev–Trinajstić information content (AvgIpc) is 2.73. The molecule has 194 valence electrons.